The Morgan fingerprint density at radius 1 is 0.970 bits per heavy atom. The Morgan fingerprint density at radius 3 is 2.24 bits per heavy atom. The molecule has 33 heavy (non-hydrogen) atoms. The van der Waals surface area contributed by atoms with Crippen LogP contribution >= 0.6 is 11.6 Å². The maximum Gasteiger partial charge on any atom is 0.331 e. The third kappa shape index (κ3) is 3.20. The molecule has 6 nitrogen and oxygen atoms in total. The Balaban J connectivity index is 2.00. The van der Waals surface area contributed by atoms with Gasteiger partial charge in [-0.25, -0.2) is 4.79 Å². The highest BCUT2D eigenvalue weighted by atomic mass is 35.5. The molecular formula is C26H26ClN3O3. The van der Waals surface area contributed by atoms with Crippen molar-refractivity contribution < 1.29 is 4.74 Å². The van der Waals surface area contributed by atoms with Gasteiger partial charge in [0.1, 0.15) is 6.10 Å². The molecule has 0 radical (unpaired) electrons. The first-order chi connectivity index (χ1) is 15.6. The fourth-order valence-electron chi connectivity index (χ4n) is 4.87. The van der Waals surface area contributed by atoms with Crippen LogP contribution in [0.2, 0.25) is 5.02 Å². The summed E-state index contributed by atoms with van der Waals surface area (Å²) in [7, 11) is 3.23. The summed E-state index contributed by atoms with van der Waals surface area (Å²) in [5, 5.41) is 1.13. The number of hydrogen-bond donors (Lipinski definition) is 0. The highest BCUT2D eigenvalue weighted by Gasteiger charge is 2.40. The number of fused-ring (bicyclic) bond motifs is 3. The minimum atomic E-state index is -0.453. The zero-order chi connectivity index (χ0) is 23.7. The second-order valence-corrected chi connectivity index (χ2v) is 9.86. The van der Waals surface area contributed by atoms with Crippen molar-refractivity contribution in [1.82, 2.24) is 13.7 Å². The van der Waals surface area contributed by atoms with Gasteiger partial charge in [0, 0.05) is 19.1 Å². The molecule has 1 atom stereocenters. The lowest BCUT2D eigenvalue weighted by molar-refractivity contribution is -0.00707. The molecule has 0 aliphatic carbocycles. The summed E-state index contributed by atoms with van der Waals surface area (Å²) < 4.78 is 11.3. The van der Waals surface area contributed by atoms with Crippen LogP contribution in [0.25, 0.3) is 22.2 Å². The van der Waals surface area contributed by atoms with Crippen LogP contribution in [0, 0.1) is 6.92 Å². The zero-order valence-corrected chi connectivity index (χ0v) is 20.1. The molecule has 0 spiro atoms. The number of hydrogen-bond acceptors (Lipinski definition) is 3. The summed E-state index contributed by atoms with van der Waals surface area (Å²) in [5.41, 5.74) is 4.05. The maximum atomic E-state index is 13.5. The van der Waals surface area contributed by atoms with Crippen LogP contribution in [-0.2, 0) is 24.4 Å². The maximum absolute atomic E-state index is 13.5. The lowest BCUT2D eigenvalue weighted by Gasteiger charge is -2.39. The molecule has 0 saturated carbocycles. The van der Waals surface area contributed by atoms with Gasteiger partial charge in [-0.15, -0.1) is 0 Å². The van der Waals surface area contributed by atoms with Crippen LogP contribution in [0.5, 0.6) is 0 Å². The smallest absolute Gasteiger partial charge is 0.331 e. The molecule has 0 N–H and O–H groups in total. The van der Waals surface area contributed by atoms with Gasteiger partial charge < -0.3 is 9.30 Å². The molecule has 0 amide bonds. The number of ether oxygens (including phenoxy) is 1. The van der Waals surface area contributed by atoms with Gasteiger partial charge >= 0.3 is 5.69 Å². The van der Waals surface area contributed by atoms with Crippen LogP contribution in [0.15, 0.2) is 58.1 Å². The zero-order valence-electron chi connectivity index (χ0n) is 19.3. The SMILES string of the molecule is Cc1ccc([C@@H]2OCC(C)(C)n3c(-c4ccc(Cl)cc4)c4c(=O)n(C)c(=O)n(C)c4c32)cc1. The fraction of sp³-hybridized carbons (Fsp3) is 0.308. The lowest BCUT2D eigenvalue weighted by Crippen LogP contribution is -2.40. The Labute approximate surface area is 196 Å². The summed E-state index contributed by atoms with van der Waals surface area (Å²) in [6.45, 7) is 6.67. The summed E-state index contributed by atoms with van der Waals surface area (Å²) in [5.74, 6) is 0. The van der Waals surface area contributed by atoms with E-state index in [4.69, 9.17) is 16.3 Å². The van der Waals surface area contributed by atoms with Crippen LogP contribution < -0.4 is 11.2 Å². The number of benzene rings is 2. The van der Waals surface area contributed by atoms with Crippen LogP contribution in [-0.4, -0.2) is 20.3 Å². The molecule has 2 aromatic carbocycles. The largest absolute Gasteiger partial charge is 0.365 e. The lowest BCUT2D eigenvalue weighted by atomic mass is 9.97. The predicted octanol–water partition coefficient (Wildman–Crippen LogP) is 4.52. The van der Waals surface area contributed by atoms with Crippen molar-refractivity contribution >= 4 is 22.5 Å². The Hall–Kier alpha value is -3.09. The highest BCUT2D eigenvalue weighted by molar-refractivity contribution is 6.30. The van der Waals surface area contributed by atoms with Gasteiger partial charge in [0.2, 0.25) is 0 Å². The second-order valence-electron chi connectivity index (χ2n) is 9.42. The van der Waals surface area contributed by atoms with E-state index in [2.05, 4.69) is 18.4 Å². The quantitative estimate of drug-likeness (QED) is 0.439. The molecule has 5 rings (SSSR count). The fourth-order valence-corrected chi connectivity index (χ4v) is 5.00. The molecule has 0 fully saturated rings. The van der Waals surface area contributed by atoms with E-state index in [1.54, 1.807) is 11.6 Å². The van der Waals surface area contributed by atoms with E-state index in [1.165, 1.54) is 11.6 Å². The number of aromatic nitrogens is 3. The van der Waals surface area contributed by atoms with Crippen LogP contribution in [0.3, 0.4) is 0 Å². The van der Waals surface area contributed by atoms with Crippen molar-refractivity contribution in [2.75, 3.05) is 6.61 Å². The van der Waals surface area contributed by atoms with Crippen molar-refractivity contribution in [2.24, 2.45) is 14.1 Å². The van der Waals surface area contributed by atoms with Gasteiger partial charge in [0.25, 0.3) is 5.56 Å². The number of rotatable bonds is 2. The number of nitrogens with zero attached hydrogens (tertiary/aromatic N) is 3. The predicted molar refractivity (Wildman–Crippen MR) is 131 cm³/mol. The van der Waals surface area contributed by atoms with Crippen molar-refractivity contribution in [3.63, 3.8) is 0 Å². The van der Waals surface area contributed by atoms with E-state index in [0.29, 0.717) is 22.5 Å². The third-order valence-electron chi connectivity index (χ3n) is 6.56. The molecule has 170 valence electrons. The molecule has 3 heterocycles. The van der Waals surface area contributed by atoms with Gasteiger partial charge in [0.05, 0.1) is 34.4 Å². The molecule has 4 aromatic rings. The first kappa shape index (κ1) is 21.7. The summed E-state index contributed by atoms with van der Waals surface area (Å²) in [6.07, 6.45) is -0.417. The summed E-state index contributed by atoms with van der Waals surface area (Å²) in [4.78, 5) is 26.5. The van der Waals surface area contributed by atoms with Crippen LogP contribution in [0.4, 0.5) is 0 Å². The van der Waals surface area contributed by atoms with Gasteiger partial charge in [-0.1, -0.05) is 53.6 Å². The molecule has 1 aliphatic rings. The highest BCUT2D eigenvalue weighted by Crippen LogP contribution is 2.45. The average Bonchev–Trinajstić information content (AvgIpc) is 3.15. The molecule has 0 unspecified atom stereocenters. The van der Waals surface area contributed by atoms with E-state index in [-0.39, 0.29) is 11.2 Å². The van der Waals surface area contributed by atoms with Crippen molar-refractivity contribution in [3.8, 4) is 11.3 Å². The van der Waals surface area contributed by atoms with E-state index in [0.717, 1.165) is 28.1 Å². The Morgan fingerprint density at radius 2 is 1.61 bits per heavy atom. The van der Waals surface area contributed by atoms with Crippen molar-refractivity contribution in [3.05, 3.63) is 91.2 Å². The average molecular weight is 464 g/mol. The third-order valence-corrected chi connectivity index (χ3v) is 6.82. The standard InChI is InChI=1S/C26H26ClN3O3/c1-15-6-8-17(9-7-15)23-22-21-19(24(31)29(5)25(32)28(21)4)20(16-10-12-18(27)13-11-16)30(22)26(2,3)14-33-23/h6-13,23H,14H2,1-5H3/t23-/m0/s1. The second kappa shape index (κ2) is 7.47. The Kier molecular flexibility index (Phi) is 4.92. The van der Waals surface area contributed by atoms with E-state index >= 15 is 0 Å². The first-order valence-electron chi connectivity index (χ1n) is 10.9. The Bertz CT molecular complexity index is 1510. The van der Waals surface area contributed by atoms with E-state index in [9.17, 15) is 9.59 Å². The minimum absolute atomic E-state index is 0.321. The minimum Gasteiger partial charge on any atom is -0.365 e. The van der Waals surface area contributed by atoms with Gasteiger partial charge in [-0.2, -0.15) is 0 Å². The molecule has 2 aromatic heterocycles. The van der Waals surface area contributed by atoms with E-state index in [1.807, 2.05) is 55.5 Å². The molecular weight excluding hydrogens is 438 g/mol. The number of halogens is 1. The van der Waals surface area contributed by atoms with Gasteiger partial charge in [-0.05, 0) is 44.0 Å². The van der Waals surface area contributed by atoms with Crippen molar-refractivity contribution in [1.29, 1.82) is 0 Å². The normalized spacial score (nSPS) is 17.3. The summed E-state index contributed by atoms with van der Waals surface area (Å²) >= 11 is 6.17. The molecule has 0 bridgehead atoms. The number of aryl methyl sites for hydroxylation is 2. The molecule has 7 heteroatoms. The van der Waals surface area contributed by atoms with Crippen LogP contribution in [0.1, 0.15) is 36.8 Å². The molecule has 1 aliphatic heterocycles. The summed E-state index contributed by atoms with van der Waals surface area (Å²) in [6, 6.07) is 15.7. The van der Waals surface area contributed by atoms with Gasteiger partial charge in [-0.3, -0.25) is 13.9 Å². The monoisotopic (exact) mass is 463 g/mol. The van der Waals surface area contributed by atoms with E-state index < -0.39 is 11.6 Å². The topological polar surface area (TPSA) is 58.2 Å². The molecule has 0 saturated heterocycles. The van der Waals surface area contributed by atoms with Crippen molar-refractivity contribution in [2.45, 2.75) is 32.4 Å². The van der Waals surface area contributed by atoms with Gasteiger partial charge in [0.15, 0.2) is 0 Å². The first-order valence-corrected chi connectivity index (χ1v) is 11.3.